The molecular weight excluding hydrogens is 330 g/mol. The van der Waals surface area contributed by atoms with Crippen LogP contribution in [0, 0.1) is 0 Å². The van der Waals surface area contributed by atoms with E-state index in [1.165, 1.54) is 0 Å². The molecule has 1 amide bonds. The van der Waals surface area contributed by atoms with Crippen LogP contribution >= 0.6 is 15.9 Å². The first kappa shape index (κ1) is 14.1. The Morgan fingerprint density at radius 1 is 1.14 bits per heavy atom. The average Bonchev–Trinajstić information content (AvgIpc) is 2.67. The Kier molecular flexibility index (Phi) is 3.92. The number of amides is 1. The van der Waals surface area contributed by atoms with Gasteiger partial charge in [0.1, 0.15) is 5.69 Å². The zero-order valence-electron chi connectivity index (χ0n) is 11.8. The second-order valence-electron chi connectivity index (χ2n) is 5.05. The summed E-state index contributed by atoms with van der Waals surface area (Å²) < 4.78 is 0.727. The number of fused-ring (bicyclic) bond motifs is 1. The van der Waals surface area contributed by atoms with Gasteiger partial charge in [-0.15, -0.1) is 0 Å². The van der Waals surface area contributed by atoms with E-state index >= 15 is 0 Å². The quantitative estimate of drug-likeness (QED) is 0.795. The summed E-state index contributed by atoms with van der Waals surface area (Å²) in [7, 11) is 2.06. The molecule has 0 fully saturated rings. The number of carbonyl (C=O) groups excluding carboxylic acids is 1. The second kappa shape index (κ2) is 5.85. The summed E-state index contributed by atoms with van der Waals surface area (Å²) in [4.78, 5) is 21.1. The fourth-order valence-electron chi connectivity index (χ4n) is 2.60. The molecule has 0 unspecified atom stereocenters. The molecule has 108 valence electrons. The predicted octanol–water partition coefficient (Wildman–Crippen LogP) is 3.33. The maximum atomic E-state index is 12.9. The molecule has 0 aliphatic carbocycles. The van der Waals surface area contributed by atoms with E-state index in [4.69, 9.17) is 0 Å². The molecule has 0 radical (unpaired) electrons. The van der Waals surface area contributed by atoms with Crippen molar-refractivity contribution in [2.45, 2.75) is 6.42 Å². The summed E-state index contributed by atoms with van der Waals surface area (Å²) in [6, 6.07) is 11.7. The van der Waals surface area contributed by atoms with E-state index in [9.17, 15) is 4.79 Å². The standard InChI is InChI=1S/C16H16BrN3O/c1-19-10-5-11-20(14-8-3-2-7-13(14)19)16(21)15-12(17)6-4-9-18-15/h2-4,6-9H,5,10-11H2,1H3. The largest absolute Gasteiger partial charge is 0.373 e. The van der Waals surface area contributed by atoms with Gasteiger partial charge in [0, 0.05) is 30.8 Å². The summed E-state index contributed by atoms with van der Waals surface area (Å²) in [6.07, 6.45) is 2.58. The van der Waals surface area contributed by atoms with Crippen molar-refractivity contribution in [3.8, 4) is 0 Å². The molecule has 5 heteroatoms. The maximum Gasteiger partial charge on any atom is 0.278 e. The highest BCUT2D eigenvalue weighted by atomic mass is 79.9. The molecule has 1 aromatic carbocycles. The van der Waals surface area contributed by atoms with E-state index in [0.29, 0.717) is 12.2 Å². The first-order valence-corrected chi connectivity index (χ1v) is 7.70. The highest BCUT2D eigenvalue weighted by Gasteiger charge is 2.25. The van der Waals surface area contributed by atoms with Gasteiger partial charge in [0.25, 0.3) is 5.91 Å². The van der Waals surface area contributed by atoms with E-state index < -0.39 is 0 Å². The molecule has 0 saturated heterocycles. The Hall–Kier alpha value is -1.88. The SMILES string of the molecule is CN1CCCN(C(=O)c2ncccc2Br)c2ccccc21. The summed E-state index contributed by atoms with van der Waals surface area (Å²) >= 11 is 3.41. The highest BCUT2D eigenvalue weighted by Crippen LogP contribution is 2.32. The Morgan fingerprint density at radius 2 is 1.90 bits per heavy atom. The van der Waals surface area contributed by atoms with Crippen molar-refractivity contribution >= 4 is 33.2 Å². The number of para-hydroxylation sites is 2. The summed E-state index contributed by atoms with van der Waals surface area (Å²) in [5.74, 6) is -0.0646. The number of pyridine rings is 1. The van der Waals surface area contributed by atoms with Gasteiger partial charge in [-0.3, -0.25) is 4.79 Å². The van der Waals surface area contributed by atoms with Crippen LogP contribution in [-0.4, -0.2) is 31.0 Å². The molecule has 2 heterocycles. The third-order valence-electron chi connectivity index (χ3n) is 3.67. The third kappa shape index (κ3) is 2.65. The van der Waals surface area contributed by atoms with Crippen LogP contribution < -0.4 is 9.80 Å². The number of hydrogen-bond donors (Lipinski definition) is 0. The molecule has 0 atom stereocenters. The van der Waals surface area contributed by atoms with Gasteiger partial charge in [-0.1, -0.05) is 12.1 Å². The molecule has 1 aliphatic rings. The van der Waals surface area contributed by atoms with Crippen LogP contribution in [-0.2, 0) is 0 Å². The number of halogens is 1. The second-order valence-corrected chi connectivity index (χ2v) is 5.91. The van der Waals surface area contributed by atoms with E-state index in [1.807, 2.05) is 41.3 Å². The van der Waals surface area contributed by atoms with Gasteiger partial charge in [0.15, 0.2) is 0 Å². The van der Waals surface area contributed by atoms with Crippen LogP contribution in [0.25, 0.3) is 0 Å². The first-order valence-electron chi connectivity index (χ1n) is 6.91. The minimum Gasteiger partial charge on any atom is -0.373 e. The average molecular weight is 346 g/mol. The number of rotatable bonds is 1. The smallest absolute Gasteiger partial charge is 0.278 e. The molecule has 3 rings (SSSR count). The number of nitrogens with zero attached hydrogens (tertiary/aromatic N) is 3. The van der Waals surface area contributed by atoms with Crippen molar-refractivity contribution in [3.63, 3.8) is 0 Å². The van der Waals surface area contributed by atoms with Crippen molar-refractivity contribution in [3.05, 3.63) is 52.8 Å². The van der Waals surface area contributed by atoms with Gasteiger partial charge >= 0.3 is 0 Å². The summed E-state index contributed by atoms with van der Waals surface area (Å²) in [5.41, 5.74) is 2.48. The zero-order chi connectivity index (χ0) is 14.8. The maximum absolute atomic E-state index is 12.9. The van der Waals surface area contributed by atoms with E-state index in [-0.39, 0.29) is 5.91 Å². The zero-order valence-corrected chi connectivity index (χ0v) is 13.4. The lowest BCUT2D eigenvalue weighted by Crippen LogP contribution is -2.32. The molecule has 1 aliphatic heterocycles. The fraction of sp³-hybridized carbons (Fsp3) is 0.250. The lowest BCUT2D eigenvalue weighted by molar-refractivity contribution is 0.0981. The van der Waals surface area contributed by atoms with Crippen LogP contribution in [0.4, 0.5) is 11.4 Å². The minimum atomic E-state index is -0.0646. The van der Waals surface area contributed by atoms with Crippen molar-refractivity contribution < 1.29 is 4.79 Å². The van der Waals surface area contributed by atoms with Crippen LogP contribution in [0.15, 0.2) is 47.1 Å². The first-order chi connectivity index (χ1) is 10.2. The lowest BCUT2D eigenvalue weighted by atomic mass is 10.2. The minimum absolute atomic E-state index is 0.0646. The summed E-state index contributed by atoms with van der Waals surface area (Å²) in [6.45, 7) is 1.63. The number of anilines is 2. The summed E-state index contributed by atoms with van der Waals surface area (Å²) in [5, 5.41) is 0. The van der Waals surface area contributed by atoms with Crippen LogP contribution in [0.1, 0.15) is 16.9 Å². The van der Waals surface area contributed by atoms with Crippen LogP contribution in [0.2, 0.25) is 0 Å². The molecule has 0 saturated carbocycles. The van der Waals surface area contributed by atoms with Crippen molar-refractivity contribution in [1.29, 1.82) is 0 Å². The van der Waals surface area contributed by atoms with E-state index in [2.05, 4.69) is 32.9 Å². The molecule has 21 heavy (non-hydrogen) atoms. The Labute approximate surface area is 132 Å². The normalized spacial score (nSPS) is 14.6. The molecule has 2 aromatic rings. The number of aromatic nitrogens is 1. The van der Waals surface area contributed by atoms with Crippen LogP contribution in [0.3, 0.4) is 0 Å². The number of carbonyl (C=O) groups is 1. The van der Waals surface area contributed by atoms with E-state index in [0.717, 1.165) is 28.8 Å². The Morgan fingerprint density at radius 3 is 2.67 bits per heavy atom. The van der Waals surface area contributed by atoms with E-state index in [1.54, 1.807) is 6.20 Å². The highest BCUT2D eigenvalue weighted by molar-refractivity contribution is 9.10. The van der Waals surface area contributed by atoms with Gasteiger partial charge in [0.05, 0.1) is 11.4 Å². The van der Waals surface area contributed by atoms with Crippen LogP contribution in [0.5, 0.6) is 0 Å². The number of hydrogen-bond acceptors (Lipinski definition) is 3. The lowest BCUT2D eigenvalue weighted by Gasteiger charge is -2.24. The van der Waals surface area contributed by atoms with Crippen molar-refractivity contribution in [2.75, 3.05) is 29.9 Å². The van der Waals surface area contributed by atoms with Gasteiger partial charge in [-0.05, 0) is 46.6 Å². The molecule has 0 bridgehead atoms. The van der Waals surface area contributed by atoms with Gasteiger partial charge < -0.3 is 9.80 Å². The van der Waals surface area contributed by atoms with Gasteiger partial charge in [-0.2, -0.15) is 0 Å². The van der Waals surface area contributed by atoms with Gasteiger partial charge in [-0.25, -0.2) is 4.98 Å². The Bertz CT molecular complexity index is 674. The van der Waals surface area contributed by atoms with Crippen molar-refractivity contribution in [2.24, 2.45) is 0 Å². The molecule has 1 aromatic heterocycles. The van der Waals surface area contributed by atoms with Gasteiger partial charge in [0.2, 0.25) is 0 Å². The topological polar surface area (TPSA) is 36.4 Å². The predicted molar refractivity (Wildman–Crippen MR) is 87.9 cm³/mol. The third-order valence-corrected chi connectivity index (χ3v) is 4.31. The molecule has 4 nitrogen and oxygen atoms in total. The monoisotopic (exact) mass is 345 g/mol. The molecule has 0 spiro atoms. The van der Waals surface area contributed by atoms with Crippen molar-refractivity contribution in [1.82, 2.24) is 4.98 Å². The number of benzene rings is 1. The molecule has 0 N–H and O–H groups in total. The Balaban J connectivity index is 2.04. The molecular formula is C16H16BrN3O. The fourth-order valence-corrected chi connectivity index (χ4v) is 3.03.